The molecule has 0 bridgehead atoms. The summed E-state index contributed by atoms with van der Waals surface area (Å²) in [6, 6.07) is 15.1. The molecule has 0 heterocycles. The van der Waals surface area contributed by atoms with Crippen LogP contribution in [0.2, 0.25) is 0 Å². The number of hydrogen-bond acceptors (Lipinski definition) is 3. The monoisotopic (exact) mass is 293 g/mol. The predicted molar refractivity (Wildman–Crippen MR) is 88.8 cm³/mol. The molecule has 0 aromatic heterocycles. The van der Waals surface area contributed by atoms with Gasteiger partial charge < -0.3 is 10.6 Å². The maximum Gasteiger partial charge on any atom is 0.226 e. The Morgan fingerprint density at radius 2 is 2.00 bits per heavy atom. The van der Waals surface area contributed by atoms with E-state index in [2.05, 4.69) is 29.7 Å². The first-order chi connectivity index (χ1) is 10.6. The van der Waals surface area contributed by atoms with Gasteiger partial charge in [0.15, 0.2) is 0 Å². The van der Waals surface area contributed by atoms with Crippen molar-refractivity contribution in [2.45, 2.75) is 20.3 Å². The molecule has 1 amide bonds. The molecule has 0 atom stereocenters. The molecule has 0 fully saturated rings. The molecule has 0 aliphatic heterocycles. The smallest absolute Gasteiger partial charge is 0.226 e. The van der Waals surface area contributed by atoms with Gasteiger partial charge in [0.1, 0.15) is 0 Å². The topological polar surface area (TPSA) is 64.9 Å². The van der Waals surface area contributed by atoms with Crippen LogP contribution in [-0.2, 0) is 4.79 Å². The van der Waals surface area contributed by atoms with Crippen LogP contribution in [-0.4, -0.2) is 12.5 Å². The minimum absolute atomic E-state index is 0.0765. The van der Waals surface area contributed by atoms with E-state index >= 15 is 0 Å². The minimum atomic E-state index is -0.0765. The maximum absolute atomic E-state index is 11.9. The fourth-order valence-electron chi connectivity index (χ4n) is 2.21. The zero-order valence-corrected chi connectivity index (χ0v) is 12.8. The normalized spacial score (nSPS) is 9.86. The SMILES string of the molecule is Cc1ccc(NCCC(=O)Nc2cccc(C#N)c2)c(C)c1. The van der Waals surface area contributed by atoms with Gasteiger partial charge in [0, 0.05) is 24.3 Å². The molecule has 0 aliphatic rings. The van der Waals surface area contributed by atoms with E-state index in [-0.39, 0.29) is 5.91 Å². The lowest BCUT2D eigenvalue weighted by Crippen LogP contribution is -2.16. The lowest BCUT2D eigenvalue weighted by Gasteiger charge is -2.10. The molecule has 0 aliphatic carbocycles. The first-order valence-corrected chi connectivity index (χ1v) is 7.19. The van der Waals surface area contributed by atoms with Crippen molar-refractivity contribution < 1.29 is 4.79 Å². The van der Waals surface area contributed by atoms with E-state index in [1.54, 1.807) is 24.3 Å². The molecular formula is C18H19N3O. The van der Waals surface area contributed by atoms with Gasteiger partial charge in [0.2, 0.25) is 5.91 Å². The van der Waals surface area contributed by atoms with E-state index in [1.807, 2.05) is 19.1 Å². The number of carbonyl (C=O) groups excluding carboxylic acids is 1. The first kappa shape index (κ1) is 15.6. The van der Waals surface area contributed by atoms with Crippen LogP contribution in [0.15, 0.2) is 42.5 Å². The molecule has 22 heavy (non-hydrogen) atoms. The van der Waals surface area contributed by atoms with Crippen molar-refractivity contribution in [2.75, 3.05) is 17.2 Å². The van der Waals surface area contributed by atoms with Gasteiger partial charge in [0.05, 0.1) is 11.6 Å². The van der Waals surface area contributed by atoms with Crippen molar-refractivity contribution in [3.05, 3.63) is 59.2 Å². The van der Waals surface area contributed by atoms with Crippen LogP contribution in [0.1, 0.15) is 23.1 Å². The lowest BCUT2D eigenvalue weighted by atomic mass is 10.1. The lowest BCUT2D eigenvalue weighted by molar-refractivity contribution is -0.115. The van der Waals surface area contributed by atoms with Crippen molar-refractivity contribution >= 4 is 17.3 Å². The van der Waals surface area contributed by atoms with Crippen molar-refractivity contribution in [1.82, 2.24) is 0 Å². The fourth-order valence-corrected chi connectivity index (χ4v) is 2.21. The van der Waals surface area contributed by atoms with Crippen LogP contribution in [0.5, 0.6) is 0 Å². The zero-order valence-electron chi connectivity index (χ0n) is 12.8. The second-order valence-corrected chi connectivity index (χ2v) is 5.24. The average Bonchev–Trinajstić information content (AvgIpc) is 2.49. The summed E-state index contributed by atoms with van der Waals surface area (Å²) in [5.74, 6) is -0.0765. The highest BCUT2D eigenvalue weighted by Gasteiger charge is 2.04. The highest BCUT2D eigenvalue weighted by molar-refractivity contribution is 5.91. The third-order valence-corrected chi connectivity index (χ3v) is 3.32. The van der Waals surface area contributed by atoms with Gasteiger partial charge in [-0.3, -0.25) is 4.79 Å². The Labute approximate surface area is 130 Å². The number of rotatable bonds is 5. The molecule has 4 heteroatoms. The summed E-state index contributed by atoms with van der Waals surface area (Å²) >= 11 is 0. The Bertz CT molecular complexity index is 717. The maximum atomic E-state index is 11.9. The summed E-state index contributed by atoms with van der Waals surface area (Å²) in [6.45, 7) is 4.66. The molecule has 0 radical (unpaired) electrons. The quantitative estimate of drug-likeness (QED) is 0.885. The highest BCUT2D eigenvalue weighted by Crippen LogP contribution is 2.16. The molecule has 0 saturated carbocycles. The number of nitrogens with one attached hydrogen (secondary N) is 2. The van der Waals surface area contributed by atoms with Crippen molar-refractivity contribution in [3.8, 4) is 6.07 Å². The van der Waals surface area contributed by atoms with Gasteiger partial charge in [-0.05, 0) is 43.7 Å². The number of amides is 1. The molecule has 0 saturated heterocycles. The summed E-state index contributed by atoms with van der Waals surface area (Å²) in [4.78, 5) is 11.9. The number of carbonyl (C=O) groups is 1. The average molecular weight is 293 g/mol. The fraction of sp³-hybridized carbons (Fsp3) is 0.222. The van der Waals surface area contributed by atoms with Crippen LogP contribution in [0, 0.1) is 25.2 Å². The van der Waals surface area contributed by atoms with E-state index in [0.717, 1.165) is 5.69 Å². The number of nitriles is 1. The standard InChI is InChI=1S/C18H19N3O/c1-13-6-7-17(14(2)10-13)20-9-8-18(22)21-16-5-3-4-15(11-16)12-19/h3-7,10-11,20H,8-9H2,1-2H3,(H,21,22). The summed E-state index contributed by atoms with van der Waals surface area (Å²) in [5.41, 5.74) is 4.62. The summed E-state index contributed by atoms with van der Waals surface area (Å²) < 4.78 is 0. The largest absolute Gasteiger partial charge is 0.384 e. The van der Waals surface area contributed by atoms with Gasteiger partial charge in [-0.2, -0.15) is 5.26 Å². The van der Waals surface area contributed by atoms with Gasteiger partial charge >= 0.3 is 0 Å². The Hall–Kier alpha value is -2.80. The van der Waals surface area contributed by atoms with E-state index in [1.165, 1.54) is 11.1 Å². The van der Waals surface area contributed by atoms with E-state index in [0.29, 0.717) is 24.2 Å². The van der Waals surface area contributed by atoms with Crippen molar-refractivity contribution in [2.24, 2.45) is 0 Å². The van der Waals surface area contributed by atoms with Crippen LogP contribution in [0.25, 0.3) is 0 Å². The number of aryl methyl sites for hydroxylation is 2. The van der Waals surface area contributed by atoms with Crippen LogP contribution >= 0.6 is 0 Å². The molecule has 2 aromatic rings. The van der Waals surface area contributed by atoms with E-state index in [4.69, 9.17) is 5.26 Å². The van der Waals surface area contributed by atoms with E-state index in [9.17, 15) is 4.79 Å². The first-order valence-electron chi connectivity index (χ1n) is 7.19. The Kier molecular flexibility index (Phi) is 5.16. The van der Waals surface area contributed by atoms with Crippen LogP contribution in [0.4, 0.5) is 11.4 Å². The highest BCUT2D eigenvalue weighted by atomic mass is 16.1. The summed E-state index contributed by atoms with van der Waals surface area (Å²) in [7, 11) is 0. The molecule has 2 aromatic carbocycles. The summed E-state index contributed by atoms with van der Waals surface area (Å²) in [6.07, 6.45) is 0.365. The van der Waals surface area contributed by atoms with Gasteiger partial charge in [-0.1, -0.05) is 23.8 Å². The zero-order chi connectivity index (χ0) is 15.9. The second kappa shape index (κ2) is 7.28. The van der Waals surface area contributed by atoms with Crippen molar-refractivity contribution in [3.63, 3.8) is 0 Å². The third-order valence-electron chi connectivity index (χ3n) is 3.32. The Morgan fingerprint density at radius 3 is 2.73 bits per heavy atom. The van der Waals surface area contributed by atoms with E-state index < -0.39 is 0 Å². The number of hydrogen-bond donors (Lipinski definition) is 2. The molecule has 112 valence electrons. The molecule has 0 spiro atoms. The molecule has 0 unspecified atom stereocenters. The summed E-state index contributed by atoms with van der Waals surface area (Å²) in [5, 5.41) is 14.9. The molecule has 4 nitrogen and oxygen atoms in total. The Balaban J connectivity index is 1.84. The van der Waals surface area contributed by atoms with Crippen LogP contribution in [0.3, 0.4) is 0 Å². The number of anilines is 2. The molecule has 2 rings (SSSR count). The third kappa shape index (κ3) is 4.35. The second-order valence-electron chi connectivity index (χ2n) is 5.24. The van der Waals surface area contributed by atoms with Gasteiger partial charge in [0.25, 0.3) is 0 Å². The number of benzene rings is 2. The molecule has 2 N–H and O–H groups in total. The van der Waals surface area contributed by atoms with Crippen LogP contribution < -0.4 is 10.6 Å². The van der Waals surface area contributed by atoms with Gasteiger partial charge in [-0.25, -0.2) is 0 Å². The predicted octanol–water partition coefficient (Wildman–Crippen LogP) is 3.62. The van der Waals surface area contributed by atoms with Gasteiger partial charge in [-0.15, -0.1) is 0 Å². The van der Waals surface area contributed by atoms with Crippen molar-refractivity contribution in [1.29, 1.82) is 5.26 Å². The Morgan fingerprint density at radius 1 is 1.18 bits per heavy atom. The minimum Gasteiger partial charge on any atom is -0.384 e. The number of nitrogens with zero attached hydrogens (tertiary/aromatic N) is 1. The molecular weight excluding hydrogens is 274 g/mol.